The van der Waals surface area contributed by atoms with E-state index >= 15 is 0 Å². The van der Waals surface area contributed by atoms with E-state index in [0.717, 1.165) is 25.5 Å². The topological polar surface area (TPSA) is 12.0 Å². The number of halogens is 3. The highest BCUT2D eigenvalue weighted by atomic mass is 19.2. The molecule has 0 heterocycles. The monoisotopic (exact) mass is 271 g/mol. The van der Waals surface area contributed by atoms with Crippen LogP contribution in [0, 0.1) is 23.4 Å². The quantitative estimate of drug-likeness (QED) is 0.743. The number of nitrogens with one attached hydrogen (secondary N) is 1. The van der Waals surface area contributed by atoms with Crippen LogP contribution in [0.1, 0.15) is 38.2 Å². The Labute approximate surface area is 112 Å². The average Bonchev–Trinajstić information content (AvgIpc) is 3.16. The maximum Gasteiger partial charge on any atom is 0.161 e. The van der Waals surface area contributed by atoms with Gasteiger partial charge in [0, 0.05) is 12.1 Å². The van der Waals surface area contributed by atoms with Crippen molar-refractivity contribution >= 4 is 0 Å². The second-order valence-corrected chi connectivity index (χ2v) is 5.52. The van der Waals surface area contributed by atoms with Crippen LogP contribution in [-0.2, 0) is 6.42 Å². The third kappa shape index (κ3) is 4.53. The van der Waals surface area contributed by atoms with Crippen molar-refractivity contribution < 1.29 is 13.2 Å². The fourth-order valence-electron chi connectivity index (χ4n) is 2.12. The minimum Gasteiger partial charge on any atom is -0.314 e. The Bertz CT molecular complexity index is 430. The second kappa shape index (κ2) is 6.42. The van der Waals surface area contributed by atoms with Gasteiger partial charge >= 0.3 is 0 Å². The van der Waals surface area contributed by atoms with Gasteiger partial charge in [-0.25, -0.2) is 13.2 Å². The molecule has 1 saturated carbocycles. The number of rotatable bonds is 7. The minimum atomic E-state index is -1.12. The highest BCUT2D eigenvalue weighted by Crippen LogP contribution is 2.20. The molecule has 1 N–H and O–H groups in total. The summed E-state index contributed by atoms with van der Waals surface area (Å²) in [6.45, 7) is 3.08. The fourth-order valence-corrected chi connectivity index (χ4v) is 2.12. The standard InChI is InChI=1S/C15H20F3N/c1-10(6-7-19-12-4-5-12)2-3-11-8-14(17)15(18)9-13(11)16/h8-10,12,19H,2-7H2,1H3. The molecule has 2 rings (SSSR count). The van der Waals surface area contributed by atoms with Gasteiger partial charge in [-0.1, -0.05) is 6.92 Å². The zero-order valence-electron chi connectivity index (χ0n) is 11.2. The van der Waals surface area contributed by atoms with Crippen LogP contribution in [0.2, 0.25) is 0 Å². The van der Waals surface area contributed by atoms with Crippen LogP contribution in [0.5, 0.6) is 0 Å². The van der Waals surface area contributed by atoms with Crippen LogP contribution < -0.4 is 5.32 Å². The van der Waals surface area contributed by atoms with Crippen molar-refractivity contribution in [2.24, 2.45) is 5.92 Å². The summed E-state index contributed by atoms with van der Waals surface area (Å²) in [5.74, 6) is -2.30. The lowest BCUT2D eigenvalue weighted by atomic mass is 9.98. The van der Waals surface area contributed by atoms with Gasteiger partial charge in [0.2, 0.25) is 0 Å². The zero-order chi connectivity index (χ0) is 13.8. The summed E-state index contributed by atoms with van der Waals surface area (Å²) < 4.78 is 39.2. The van der Waals surface area contributed by atoms with Crippen molar-refractivity contribution in [3.05, 3.63) is 35.1 Å². The van der Waals surface area contributed by atoms with E-state index in [1.807, 2.05) is 0 Å². The van der Waals surface area contributed by atoms with E-state index in [4.69, 9.17) is 0 Å². The molecular weight excluding hydrogens is 251 g/mol. The summed E-state index contributed by atoms with van der Waals surface area (Å²) in [5.41, 5.74) is 0.265. The number of aryl methyl sites for hydroxylation is 1. The van der Waals surface area contributed by atoms with E-state index < -0.39 is 17.5 Å². The van der Waals surface area contributed by atoms with Crippen molar-refractivity contribution in [2.75, 3.05) is 6.54 Å². The van der Waals surface area contributed by atoms with E-state index in [1.165, 1.54) is 12.8 Å². The molecule has 1 fully saturated rings. The molecule has 1 aromatic rings. The molecule has 0 bridgehead atoms. The number of benzene rings is 1. The molecule has 19 heavy (non-hydrogen) atoms. The third-order valence-corrected chi connectivity index (χ3v) is 3.64. The lowest BCUT2D eigenvalue weighted by Gasteiger charge is -2.12. The molecule has 0 spiro atoms. The maximum absolute atomic E-state index is 13.4. The molecule has 0 amide bonds. The Morgan fingerprint density at radius 1 is 1.11 bits per heavy atom. The summed E-state index contributed by atoms with van der Waals surface area (Å²) in [7, 11) is 0. The normalized spacial score (nSPS) is 16.6. The van der Waals surface area contributed by atoms with Crippen LogP contribution in [0.25, 0.3) is 0 Å². The van der Waals surface area contributed by atoms with Gasteiger partial charge in [-0.2, -0.15) is 0 Å². The first-order valence-corrected chi connectivity index (χ1v) is 6.93. The molecule has 0 aromatic heterocycles. The van der Waals surface area contributed by atoms with E-state index in [2.05, 4.69) is 12.2 Å². The Morgan fingerprint density at radius 3 is 2.47 bits per heavy atom. The predicted octanol–water partition coefficient (Wildman–Crippen LogP) is 3.81. The smallest absolute Gasteiger partial charge is 0.161 e. The molecule has 1 aliphatic carbocycles. The first-order chi connectivity index (χ1) is 9.06. The molecule has 1 nitrogen and oxygen atoms in total. The molecule has 106 valence electrons. The average molecular weight is 271 g/mol. The van der Waals surface area contributed by atoms with Gasteiger partial charge < -0.3 is 5.32 Å². The van der Waals surface area contributed by atoms with Crippen LogP contribution in [0.3, 0.4) is 0 Å². The second-order valence-electron chi connectivity index (χ2n) is 5.52. The van der Waals surface area contributed by atoms with Crippen molar-refractivity contribution in [3.63, 3.8) is 0 Å². The SMILES string of the molecule is CC(CCNC1CC1)CCc1cc(F)c(F)cc1F. The molecule has 0 saturated heterocycles. The Hall–Kier alpha value is -1.03. The van der Waals surface area contributed by atoms with Crippen LogP contribution in [0.4, 0.5) is 13.2 Å². The highest BCUT2D eigenvalue weighted by Gasteiger charge is 2.20. The van der Waals surface area contributed by atoms with Gasteiger partial charge in [-0.3, -0.25) is 0 Å². The molecule has 1 atom stereocenters. The van der Waals surface area contributed by atoms with Gasteiger partial charge in [0.25, 0.3) is 0 Å². The van der Waals surface area contributed by atoms with Crippen molar-refractivity contribution in [1.82, 2.24) is 5.32 Å². The Kier molecular flexibility index (Phi) is 4.86. The number of hydrogen-bond acceptors (Lipinski definition) is 1. The minimum absolute atomic E-state index is 0.265. The molecule has 4 heteroatoms. The van der Waals surface area contributed by atoms with E-state index in [1.54, 1.807) is 0 Å². The van der Waals surface area contributed by atoms with Gasteiger partial charge in [-0.15, -0.1) is 0 Å². The van der Waals surface area contributed by atoms with Gasteiger partial charge in [0.05, 0.1) is 0 Å². The summed E-state index contributed by atoms with van der Waals surface area (Å²) in [6, 6.07) is 2.31. The number of hydrogen-bond donors (Lipinski definition) is 1. The summed E-state index contributed by atoms with van der Waals surface area (Å²) in [4.78, 5) is 0. The molecule has 1 unspecified atom stereocenters. The maximum atomic E-state index is 13.4. The van der Waals surface area contributed by atoms with Crippen molar-refractivity contribution in [1.29, 1.82) is 0 Å². The van der Waals surface area contributed by atoms with E-state index in [-0.39, 0.29) is 5.56 Å². The highest BCUT2D eigenvalue weighted by molar-refractivity contribution is 5.20. The van der Waals surface area contributed by atoms with Crippen LogP contribution >= 0.6 is 0 Å². The predicted molar refractivity (Wildman–Crippen MR) is 69.4 cm³/mol. The van der Waals surface area contributed by atoms with Crippen molar-refractivity contribution in [3.8, 4) is 0 Å². The molecular formula is C15H20F3N. The summed E-state index contributed by atoms with van der Waals surface area (Å²) in [6.07, 6.45) is 4.81. The van der Waals surface area contributed by atoms with Gasteiger partial charge in [-0.05, 0) is 56.2 Å². The zero-order valence-corrected chi connectivity index (χ0v) is 11.2. The van der Waals surface area contributed by atoms with Gasteiger partial charge in [0.15, 0.2) is 11.6 Å². The first-order valence-electron chi connectivity index (χ1n) is 6.93. The third-order valence-electron chi connectivity index (χ3n) is 3.64. The van der Waals surface area contributed by atoms with Crippen LogP contribution in [-0.4, -0.2) is 12.6 Å². The molecule has 0 radical (unpaired) electrons. The lowest BCUT2D eigenvalue weighted by Crippen LogP contribution is -2.19. The summed E-state index contributed by atoms with van der Waals surface area (Å²) >= 11 is 0. The van der Waals surface area contributed by atoms with E-state index in [9.17, 15) is 13.2 Å². The van der Waals surface area contributed by atoms with Gasteiger partial charge in [0.1, 0.15) is 5.82 Å². The Balaban J connectivity index is 1.75. The van der Waals surface area contributed by atoms with Crippen LogP contribution in [0.15, 0.2) is 12.1 Å². The lowest BCUT2D eigenvalue weighted by molar-refractivity contribution is 0.457. The fraction of sp³-hybridized carbons (Fsp3) is 0.600. The largest absolute Gasteiger partial charge is 0.314 e. The Morgan fingerprint density at radius 2 is 1.79 bits per heavy atom. The molecule has 1 aliphatic rings. The summed E-state index contributed by atoms with van der Waals surface area (Å²) in [5, 5.41) is 3.43. The van der Waals surface area contributed by atoms with E-state index in [0.29, 0.717) is 24.4 Å². The van der Waals surface area contributed by atoms with Crippen molar-refractivity contribution in [2.45, 2.75) is 45.1 Å². The molecule has 0 aliphatic heterocycles. The molecule has 1 aromatic carbocycles. The first kappa shape index (κ1) is 14.4.